The Morgan fingerprint density at radius 1 is 1.20 bits per heavy atom. The molecule has 1 aromatic carbocycles. The van der Waals surface area contributed by atoms with Crippen LogP contribution in [0.5, 0.6) is 0 Å². The third kappa shape index (κ3) is 4.16. The van der Waals surface area contributed by atoms with Crippen LogP contribution in [0.4, 0.5) is 0 Å². The number of nitrogens with zero attached hydrogens (tertiary/aromatic N) is 3. The summed E-state index contributed by atoms with van der Waals surface area (Å²) in [5, 5.41) is 7.26. The number of morpholine rings is 1. The van der Waals surface area contributed by atoms with Crippen molar-refractivity contribution in [2.24, 2.45) is 7.05 Å². The Labute approximate surface area is 174 Å². The highest BCUT2D eigenvalue weighted by molar-refractivity contribution is 7.89. The van der Waals surface area contributed by atoms with Crippen LogP contribution in [0, 0.1) is 0 Å². The monoisotopic (exact) mass is 432 g/mol. The Hall–Kier alpha value is -2.56. The Morgan fingerprint density at radius 3 is 2.60 bits per heavy atom. The maximum Gasteiger partial charge on any atom is 0.266 e. The largest absolute Gasteiger partial charge is 0.379 e. The van der Waals surface area contributed by atoms with E-state index in [0.717, 1.165) is 17.7 Å². The van der Waals surface area contributed by atoms with Crippen molar-refractivity contribution in [3.8, 4) is 0 Å². The summed E-state index contributed by atoms with van der Waals surface area (Å²) >= 11 is 0. The number of carbonyl (C=O) groups excluding carboxylic acids is 1. The molecule has 9 nitrogen and oxygen atoms in total. The summed E-state index contributed by atoms with van der Waals surface area (Å²) < 4.78 is 33.3. The molecule has 1 amide bonds. The van der Waals surface area contributed by atoms with Crippen molar-refractivity contribution < 1.29 is 17.9 Å². The second-order valence-corrected chi connectivity index (χ2v) is 9.47. The molecule has 30 heavy (non-hydrogen) atoms. The van der Waals surface area contributed by atoms with Crippen LogP contribution in [0.2, 0.25) is 0 Å². The fourth-order valence-electron chi connectivity index (χ4n) is 3.79. The minimum absolute atomic E-state index is 0.101. The molecule has 2 aliphatic rings. The summed E-state index contributed by atoms with van der Waals surface area (Å²) in [6, 6.07) is 7.45. The highest BCUT2D eigenvalue weighted by Gasteiger charge is 2.27. The first-order chi connectivity index (χ1) is 14.3. The van der Waals surface area contributed by atoms with E-state index in [0.29, 0.717) is 44.7 Å². The van der Waals surface area contributed by atoms with Gasteiger partial charge in [-0.2, -0.15) is 9.40 Å². The van der Waals surface area contributed by atoms with Gasteiger partial charge < -0.3 is 10.1 Å². The normalized spacial score (nSPS) is 19.8. The van der Waals surface area contributed by atoms with Crippen molar-refractivity contribution in [2.45, 2.75) is 30.2 Å². The lowest BCUT2D eigenvalue weighted by Crippen LogP contribution is -2.41. The lowest BCUT2D eigenvalue weighted by atomic mass is 9.92. The number of aryl methyl sites for hydroxylation is 2. The summed E-state index contributed by atoms with van der Waals surface area (Å²) in [7, 11) is -1.97. The lowest BCUT2D eigenvalue weighted by Gasteiger charge is -2.26. The summed E-state index contributed by atoms with van der Waals surface area (Å²) in [6.07, 6.45) is 1.96. The van der Waals surface area contributed by atoms with Gasteiger partial charge in [-0.25, -0.2) is 13.1 Å². The molecular weight excluding hydrogens is 408 g/mol. The number of carbonyl (C=O) groups is 1. The molecule has 1 N–H and O–H groups in total. The molecule has 4 rings (SSSR count). The highest BCUT2D eigenvalue weighted by Crippen LogP contribution is 2.20. The third-order valence-electron chi connectivity index (χ3n) is 5.51. The molecule has 1 saturated heterocycles. The number of rotatable bonds is 4. The molecule has 1 aromatic heterocycles. The highest BCUT2D eigenvalue weighted by atomic mass is 32.2. The average molecular weight is 433 g/mol. The van der Waals surface area contributed by atoms with E-state index in [2.05, 4.69) is 10.4 Å². The van der Waals surface area contributed by atoms with E-state index < -0.39 is 10.0 Å². The van der Waals surface area contributed by atoms with Gasteiger partial charge in [-0.05, 0) is 49.1 Å². The summed E-state index contributed by atoms with van der Waals surface area (Å²) in [4.78, 5) is 24.6. The minimum Gasteiger partial charge on any atom is -0.379 e. The van der Waals surface area contributed by atoms with E-state index in [-0.39, 0.29) is 22.4 Å². The maximum atomic E-state index is 12.7. The zero-order valence-electron chi connectivity index (χ0n) is 16.7. The van der Waals surface area contributed by atoms with E-state index in [9.17, 15) is 18.0 Å². The van der Waals surface area contributed by atoms with Crippen molar-refractivity contribution >= 4 is 15.9 Å². The lowest BCUT2D eigenvalue weighted by molar-refractivity contribution is 0.0730. The van der Waals surface area contributed by atoms with Gasteiger partial charge in [0, 0.05) is 37.8 Å². The van der Waals surface area contributed by atoms with Crippen molar-refractivity contribution in [1.29, 1.82) is 0 Å². The summed E-state index contributed by atoms with van der Waals surface area (Å²) in [5.41, 5.74) is 1.98. The molecular formula is C20H24N4O5S. The van der Waals surface area contributed by atoms with Gasteiger partial charge in [-0.1, -0.05) is 0 Å². The van der Waals surface area contributed by atoms with Crippen LogP contribution in [0.3, 0.4) is 0 Å². The van der Waals surface area contributed by atoms with Crippen LogP contribution in [0.15, 0.2) is 40.0 Å². The number of ether oxygens (including phenoxy) is 1. The van der Waals surface area contributed by atoms with E-state index >= 15 is 0 Å². The van der Waals surface area contributed by atoms with E-state index in [1.54, 1.807) is 13.1 Å². The summed E-state index contributed by atoms with van der Waals surface area (Å²) in [5.74, 6) is -0.268. The van der Waals surface area contributed by atoms with Crippen LogP contribution < -0.4 is 10.9 Å². The molecule has 2 heterocycles. The Kier molecular flexibility index (Phi) is 5.72. The first-order valence-electron chi connectivity index (χ1n) is 9.89. The first kappa shape index (κ1) is 20.7. The topological polar surface area (TPSA) is 111 Å². The molecule has 0 unspecified atom stereocenters. The fourth-order valence-corrected chi connectivity index (χ4v) is 5.20. The molecule has 0 saturated carbocycles. The zero-order chi connectivity index (χ0) is 21.3. The molecule has 0 bridgehead atoms. The van der Waals surface area contributed by atoms with E-state index in [1.165, 1.54) is 33.3 Å². The zero-order valence-corrected chi connectivity index (χ0v) is 17.5. The second kappa shape index (κ2) is 8.29. The van der Waals surface area contributed by atoms with Gasteiger partial charge in [0.2, 0.25) is 10.0 Å². The molecule has 1 aliphatic heterocycles. The smallest absolute Gasteiger partial charge is 0.266 e. The van der Waals surface area contributed by atoms with Crippen LogP contribution in [0.1, 0.15) is 28.0 Å². The van der Waals surface area contributed by atoms with Crippen molar-refractivity contribution in [3.63, 3.8) is 0 Å². The average Bonchev–Trinajstić information content (AvgIpc) is 2.75. The van der Waals surface area contributed by atoms with Gasteiger partial charge in [-0.3, -0.25) is 9.59 Å². The van der Waals surface area contributed by atoms with E-state index in [4.69, 9.17) is 4.74 Å². The Morgan fingerprint density at radius 2 is 1.90 bits per heavy atom. The van der Waals surface area contributed by atoms with Gasteiger partial charge in [0.1, 0.15) is 0 Å². The SMILES string of the molecule is Cn1nc2c(cc1=O)C[C@H](NC(=O)c1ccc(S(=O)(=O)N3CCOCC3)cc1)CC2. The Balaban J connectivity index is 1.43. The molecule has 1 fully saturated rings. The fraction of sp³-hybridized carbons (Fsp3) is 0.450. The number of aromatic nitrogens is 2. The van der Waals surface area contributed by atoms with Crippen LogP contribution in [-0.2, 0) is 34.6 Å². The van der Waals surface area contributed by atoms with Gasteiger partial charge in [0.15, 0.2) is 0 Å². The predicted octanol–water partition coefficient (Wildman–Crippen LogP) is 0.0885. The van der Waals surface area contributed by atoms with Crippen molar-refractivity contribution in [3.05, 3.63) is 57.5 Å². The number of hydrogen-bond donors (Lipinski definition) is 1. The molecule has 10 heteroatoms. The van der Waals surface area contributed by atoms with Crippen LogP contribution >= 0.6 is 0 Å². The number of hydrogen-bond acceptors (Lipinski definition) is 6. The molecule has 1 atom stereocenters. The van der Waals surface area contributed by atoms with Gasteiger partial charge in [-0.15, -0.1) is 0 Å². The molecule has 0 radical (unpaired) electrons. The molecule has 2 aromatic rings. The van der Waals surface area contributed by atoms with Gasteiger partial charge in [0.05, 0.1) is 23.8 Å². The Bertz CT molecular complexity index is 1110. The van der Waals surface area contributed by atoms with Crippen molar-refractivity contribution in [1.82, 2.24) is 19.4 Å². The van der Waals surface area contributed by atoms with E-state index in [1.807, 2.05) is 0 Å². The molecule has 160 valence electrons. The van der Waals surface area contributed by atoms with Gasteiger partial charge in [0.25, 0.3) is 11.5 Å². The van der Waals surface area contributed by atoms with Gasteiger partial charge >= 0.3 is 0 Å². The maximum absolute atomic E-state index is 12.7. The minimum atomic E-state index is -3.59. The number of benzene rings is 1. The van der Waals surface area contributed by atoms with Crippen molar-refractivity contribution in [2.75, 3.05) is 26.3 Å². The third-order valence-corrected chi connectivity index (χ3v) is 7.43. The first-order valence-corrected chi connectivity index (χ1v) is 11.3. The number of amides is 1. The quantitative estimate of drug-likeness (QED) is 0.733. The number of sulfonamides is 1. The number of fused-ring (bicyclic) bond motifs is 1. The second-order valence-electron chi connectivity index (χ2n) is 7.53. The molecule has 0 spiro atoms. The summed E-state index contributed by atoms with van der Waals surface area (Å²) in [6.45, 7) is 1.41. The number of nitrogens with one attached hydrogen (secondary N) is 1. The standard InChI is InChI=1S/C20H24N4O5S/c1-23-19(25)13-15-12-16(4-7-18(15)22-23)21-20(26)14-2-5-17(6-3-14)30(27,28)24-8-10-29-11-9-24/h2-3,5-6,13,16H,4,7-12H2,1H3,(H,21,26)/t16-/m1/s1. The van der Waals surface area contributed by atoms with Crippen LogP contribution in [0.25, 0.3) is 0 Å². The molecule has 1 aliphatic carbocycles. The predicted molar refractivity (Wildman–Crippen MR) is 109 cm³/mol. The van der Waals surface area contributed by atoms with Crippen LogP contribution in [-0.4, -0.2) is 60.8 Å².